The monoisotopic (exact) mass is 180 g/mol. The molecule has 0 aliphatic carbocycles. The van der Waals surface area contributed by atoms with E-state index in [1.54, 1.807) is 18.2 Å². The highest BCUT2D eigenvalue weighted by Gasteiger charge is 1.94. The Morgan fingerprint density at radius 2 is 2.31 bits per heavy atom. The zero-order valence-electron chi connectivity index (χ0n) is 7.27. The van der Waals surface area contributed by atoms with Crippen molar-refractivity contribution < 1.29 is 14.6 Å². The number of carbonyl (C=O) groups is 1. The molecule has 0 bridgehead atoms. The predicted molar refractivity (Wildman–Crippen MR) is 48.6 cm³/mol. The van der Waals surface area contributed by atoms with Crippen LogP contribution in [-0.2, 0) is 11.3 Å². The fourth-order valence-electron chi connectivity index (χ4n) is 1.01. The van der Waals surface area contributed by atoms with Gasteiger partial charge in [-0.2, -0.15) is 0 Å². The molecule has 0 unspecified atom stereocenters. The van der Waals surface area contributed by atoms with Crippen LogP contribution < -0.4 is 0 Å². The Kier molecular flexibility index (Phi) is 4.15. The van der Waals surface area contributed by atoms with Gasteiger partial charge in [0.25, 0.3) is 0 Å². The summed E-state index contributed by atoms with van der Waals surface area (Å²) in [5, 5.41) is 8.46. The second kappa shape index (κ2) is 5.45. The van der Waals surface area contributed by atoms with Crippen LogP contribution in [0.1, 0.15) is 15.9 Å². The molecule has 0 aliphatic heterocycles. The van der Waals surface area contributed by atoms with Gasteiger partial charge in [0.15, 0.2) is 0 Å². The zero-order chi connectivity index (χ0) is 9.52. The third kappa shape index (κ3) is 3.36. The van der Waals surface area contributed by atoms with E-state index in [1.807, 2.05) is 6.07 Å². The molecule has 70 valence electrons. The van der Waals surface area contributed by atoms with Gasteiger partial charge in [0.05, 0.1) is 19.8 Å². The lowest BCUT2D eigenvalue weighted by atomic mass is 10.1. The van der Waals surface area contributed by atoms with Crippen LogP contribution in [0.4, 0.5) is 0 Å². The third-order valence-corrected chi connectivity index (χ3v) is 1.59. The number of aliphatic hydroxyl groups is 1. The Bertz CT molecular complexity index is 271. The fourth-order valence-corrected chi connectivity index (χ4v) is 1.01. The van der Waals surface area contributed by atoms with Crippen molar-refractivity contribution in [1.29, 1.82) is 0 Å². The van der Waals surface area contributed by atoms with E-state index in [0.29, 0.717) is 18.8 Å². The molecule has 13 heavy (non-hydrogen) atoms. The molecular formula is C10H12O3. The SMILES string of the molecule is O=Cc1cccc(COCCO)c1. The highest BCUT2D eigenvalue weighted by molar-refractivity contribution is 5.74. The minimum atomic E-state index is 0.0212. The Hall–Kier alpha value is -1.19. The van der Waals surface area contributed by atoms with Gasteiger partial charge in [-0.05, 0) is 11.6 Å². The van der Waals surface area contributed by atoms with Crippen molar-refractivity contribution >= 4 is 6.29 Å². The molecule has 0 radical (unpaired) electrons. The van der Waals surface area contributed by atoms with Crippen molar-refractivity contribution in [1.82, 2.24) is 0 Å². The molecule has 0 spiro atoms. The molecule has 1 rings (SSSR count). The summed E-state index contributed by atoms with van der Waals surface area (Å²) >= 11 is 0. The highest BCUT2D eigenvalue weighted by Crippen LogP contribution is 2.04. The molecule has 1 aromatic carbocycles. The number of benzene rings is 1. The van der Waals surface area contributed by atoms with Gasteiger partial charge in [-0.15, -0.1) is 0 Å². The van der Waals surface area contributed by atoms with Gasteiger partial charge in [0.1, 0.15) is 6.29 Å². The van der Waals surface area contributed by atoms with Crippen LogP contribution in [0, 0.1) is 0 Å². The van der Waals surface area contributed by atoms with Crippen molar-refractivity contribution in [3.8, 4) is 0 Å². The number of hydrogen-bond donors (Lipinski definition) is 1. The maximum atomic E-state index is 10.4. The van der Waals surface area contributed by atoms with E-state index in [2.05, 4.69) is 0 Å². The molecule has 1 aromatic rings. The lowest BCUT2D eigenvalue weighted by Gasteiger charge is -2.02. The van der Waals surface area contributed by atoms with Crippen LogP contribution in [0.2, 0.25) is 0 Å². The average Bonchev–Trinajstić information content (AvgIpc) is 2.19. The summed E-state index contributed by atoms with van der Waals surface area (Å²) in [4.78, 5) is 10.4. The molecule has 0 fully saturated rings. The van der Waals surface area contributed by atoms with Gasteiger partial charge in [0, 0.05) is 5.56 Å². The largest absolute Gasteiger partial charge is 0.394 e. The predicted octanol–water partition coefficient (Wildman–Crippen LogP) is 1.01. The zero-order valence-corrected chi connectivity index (χ0v) is 7.27. The normalized spacial score (nSPS) is 9.92. The van der Waals surface area contributed by atoms with Crippen LogP contribution >= 0.6 is 0 Å². The minimum absolute atomic E-state index is 0.0212. The molecule has 0 saturated carbocycles. The molecule has 0 aliphatic rings. The van der Waals surface area contributed by atoms with E-state index in [4.69, 9.17) is 9.84 Å². The first kappa shape index (κ1) is 9.89. The first-order chi connectivity index (χ1) is 6.36. The van der Waals surface area contributed by atoms with Gasteiger partial charge >= 0.3 is 0 Å². The van der Waals surface area contributed by atoms with Crippen LogP contribution in [-0.4, -0.2) is 24.6 Å². The van der Waals surface area contributed by atoms with Crippen LogP contribution in [0.3, 0.4) is 0 Å². The van der Waals surface area contributed by atoms with E-state index in [1.165, 1.54) is 0 Å². The highest BCUT2D eigenvalue weighted by atomic mass is 16.5. The third-order valence-electron chi connectivity index (χ3n) is 1.59. The average molecular weight is 180 g/mol. The van der Waals surface area contributed by atoms with Gasteiger partial charge in [-0.1, -0.05) is 18.2 Å². The molecule has 3 heteroatoms. The first-order valence-electron chi connectivity index (χ1n) is 4.09. The number of rotatable bonds is 5. The van der Waals surface area contributed by atoms with E-state index in [-0.39, 0.29) is 6.61 Å². The molecule has 0 heterocycles. The summed E-state index contributed by atoms with van der Waals surface area (Å²) in [6, 6.07) is 7.19. The maximum absolute atomic E-state index is 10.4. The molecule has 0 aromatic heterocycles. The summed E-state index contributed by atoms with van der Waals surface area (Å²) in [7, 11) is 0. The van der Waals surface area contributed by atoms with Crippen molar-refractivity contribution in [2.75, 3.05) is 13.2 Å². The Morgan fingerprint density at radius 1 is 1.46 bits per heavy atom. The second-order valence-corrected chi connectivity index (χ2v) is 2.64. The topological polar surface area (TPSA) is 46.5 Å². The van der Waals surface area contributed by atoms with Crippen LogP contribution in [0.5, 0.6) is 0 Å². The Morgan fingerprint density at radius 3 is 3.00 bits per heavy atom. The van der Waals surface area contributed by atoms with Gasteiger partial charge in [-0.3, -0.25) is 4.79 Å². The van der Waals surface area contributed by atoms with Crippen molar-refractivity contribution in [2.24, 2.45) is 0 Å². The van der Waals surface area contributed by atoms with E-state index < -0.39 is 0 Å². The summed E-state index contributed by atoms with van der Waals surface area (Å²) in [5.41, 5.74) is 1.59. The first-order valence-corrected chi connectivity index (χ1v) is 4.09. The molecule has 0 atom stereocenters. The standard InChI is InChI=1S/C10H12O3/c11-4-5-13-8-10-3-1-2-9(6-10)7-12/h1-3,6-7,11H,4-5,8H2. The molecule has 0 saturated heterocycles. The number of hydrogen-bond acceptors (Lipinski definition) is 3. The maximum Gasteiger partial charge on any atom is 0.150 e. The molecule has 3 nitrogen and oxygen atoms in total. The number of aliphatic hydroxyl groups excluding tert-OH is 1. The van der Waals surface area contributed by atoms with E-state index in [0.717, 1.165) is 11.8 Å². The van der Waals surface area contributed by atoms with E-state index in [9.17, 15) is 4.79 Å². The van der Waals surface area contributed by atoms with Crippen molar-refractivity contribution in [2.45, 2.75) is 6.61 Å². The second-order valence-electron chi connectivity index (χ2n) is 2.64. The summed E-state index contributed by atoms with van der Waals surface area (Å²) in [6.07, 6.45) is 0.801. The Balaban J connectivity index is 2.51. The fraction of sp³-hybridized carbons (Fsp3) is 0.300. The number of aldehydes is 1. The van der Waals surface area contributed by atoms with Gasteiger partial charge in [0.2, 0.25) is 0 Å². The van der Waals surface area contributed by atoms with E-state index >= 15 is 0 Å². The Labute approximate surface area is 77.0 Å². The number of ether oxygens (including phenoxy) is 1. The quantitative estimate of drug-likeness (QED) is 0.543. The summed E-state index contributed by atoms with van der Waals surface area (Å²) < 4.78 is 5.10. The van der Waals surface area contributed by atoms with Gasteiger partial charge < -0.3 is 9.84 Å². The molecule has 0 amide bonds. The number of carbonyl (C=O) groups excluding carboxylic acids is 1. The lowest BCUT2D eigenvalue weighted by Crippen LogP contribution is -1.99. The van der Waals surface area contributed by atoms with Crippen LogP contribution in [0.15, 0.2) is 24.3 Å². The van der Waals surface area contributed by atoms with Crippen molar-refractivity contribution in [3.63, 3.8) is 0 Å². The van der Waals surface area contributed by atoms with Crippen molar-refractivity contribution in [3.05, 3.63) is 35.4 Å². The minimum Gasteiger partial charge on any atom is -0.394 e. The smallest absolute Gasteiger partial charge is 0.150 e. The lowest BCUT2D eigenvalue weighted by molar-refractivity contribution is 0.0815. The summed E-state index contributed by atoms with van der Waals surface area (Å²) in [6.45, 7) is 0.779. The van der Waals surface area contributed by atoms with Crippen LogP contribution in [0.25, 0.3) is 0 Å². The molecule has 1 N–H and O–H groups in total. The van der Waals surface area contributed by atoms with Gasteiger partial charge in [-0.25, -0.2) is 0 Å². The molecular weight excluding hydrogens is 168 g/mol. The summed E-state index contributed by atoms with van der Waals surface area (Å²) in [5.74, 6) is 0.